The van der Waals surface area contributed by atoms with Gasteiger partial charge in [0.15, 0.2) is 5.65 Å². The summed E-state index contributed by atoms with van der Waals surface area (Å²) in [7, 11) is 0. The summed E-state index contributed by atoms with van der Waals surface area (Å²) in [4.78, 5) is 35.2. The van der Waals surface area contributed by atoms with Gasteiger partial charge in [-0.1, -0.05) is 30.3 Å². The molecule has 0 bridgehead atoms. The van der Waals surface area contributed by atoms with Crippen LogP contribution in [0.3, 0.4) is 0 Å². The van der Waals surface area contributed by atoms with Gasteiger partial charge in [-0.15, -0.1) is 0 Å². The van der Waals surface area contributed by atoms with Crippen molar-refractivity contribution in [1.82, 2.24) is 24.4 Å². The van der Waals surface area contributed by atoms with Crippen LogP contribution in [0.2, 0.25) is 0 Å². The maximum atomic E-state index is 13.2. The third-order valence-electron chi connectivity index (χ3n) is 6.95. The zero-order valence-electron chi connectivity index (χ0n) is 18.9. The molecule has 1 saturated heterocycles. The number of carbonyl (C=O) groups is 1. The molecule has 3 aromatic rings. The summed E-state index contributed by atoms with van der Waals surface area (Å²) in [5.74, 6) is 0.352. The van der Waals surface area contributed by atoms with Gasteiger partial charge in [0.05, 0.1) is 17.7 Å². The van der Waals surface area contributed by atoms with Crippen LogP contribution in [0, 0.1) is 0 Å². The second kappa shape index (κ2) is 8.54. The molecule has 0 saturated carbocycles. The lowest BCUT2D eigenvalue weighted by atomic mass is 9.94. The molecule has 2 aliphatic heterocycles. The predicted octanol–water partition coefficient (Wildman–Crippen LogP) is 2.74. The number of rotatable bonds is 4. The van der Waals surface area contributed by atoms with E-state index < -0.39 is 0 Å². The highest BCUT2D eigenvalue weighted by molar-refractivity contribution is 5.79. The Morgan fingerprint density at radius 2 is 2.03 bits per heavy atom. The van der Waals surface area contributed by atoms with Crippen molar-refractivity contribution in [3.8, 4) is 0 Å². The number of piperidine rings is 1. The minimum atomic E-state index is 0.00872. The fourth-order valence-corrected chi connectivity index (χ4v) is 5.01. The van der Waals surface area contributed by atoms with Crippen LogP contribution >= 0.6 is 0 Å². The number of hydrogen-bond donors (Lipinski definition) is 1. The summed E-state index contributed by atoms with van der Waals surface area (Å²) in [6.07, 6.45) is 3.20. The molecule has 1 aromatic carbocycles. The van der Waals surface area contributed by atoms with E-state index in [1.54, 1.807) is 4.52 Å². The van der Waals surface area contributed by atoms with Crippen LogP contribution in [0.25, 0.3) is 5.65 Å². The highest BCUT2D eigenvalue weighted by atomic mass is 16.2. The van der Waals surface area contributed by atoms with Gasteiger partial charge in [0.1, 0.15) is 0 Å². The third-order valence-corrected chi connectivity index (χ3v) is 6.95. The highest BCUT2D eigenvalue weighted by Crippen LogP contribution is 2.27. The van der Waals surface area contributed by atoms with Crippen molar-refractivity contribution in [2.45, 2.75) is 58.0 Å². The minimum absolute atomic E-state index is 0.00872. The van der Waals surface area contributed by atoms with Crippen molar-refractivity contribution in [2.24, 2.45) is 0 Å². The van der Waals surface area contributed by atoms with Crippen LogP contribution in [0.1, 0.15) is 55.1 Å². The Labute approximate surface area is 188 Å². The number of nitrogens with one attached hydrogen (secondary N) is 1. The number of nitrogens with zero attached hydrogens (tertiary/aromatic N) is 4. The van der Waals surface area contributed by atoms with E-state index in [0.717, 1.165) is 54.9 Å². The Morgan fingerprint density at radius 3 is 2.81 bits per heavy atom. The second-order valence-electron chi connectivity index (χ2n) is 9.40. The highest BCUT2D eigenvalue weighted by Gasteiger charge is 2.28. The van der Waals surface area contributed by atoms with Gasteiger partial charge < -0.3 is 4.90 Å². The van der Waals surface area contributed by atoms with Crippen molar-refractivity contribution in [1.29, 1.82) is 0 Å². The van der Waals surface area contributed by atoms with Crippen LogP contribution in [-0.4, -0.2) is 56.0 Å². The topological polar surface area (TPSA) is 73.7 Å². The van der Waals surface area contributed by atoms with E-state index in [-0.39, 0.29) is 17.4 Å². The SMILES string of the molecule is CC(C)N1CCc2nc3cc([C@@H]4CCCN(C(=O)Cc5ccccc5)C4)[nH]n3c(=O)c2C1. The van der Waals surface area contributed by atoms with Gasteiger partial charge in [0, 0.05) is 56.3 Å². The van der Waals surface area contributed by atoms with E-state index >= 15 is 0 Å². The number of fused-ring (bicyclic) bond motifs is 2. The Morgan fingerprint density at radius 1 is 1.22 bits per heavy atom. The summed E-state index contributed by atoms with van der Waals surface area (Å²) in [5.41, 5.74) is 4.47. The van der Waals surface area contributed by atoms with Gasteiger partial charge in [-0.2, -0.15) is 0 Å². The smallest absolute Gasteiger partial charge is 0.277 e. The van der Waals surface area contributed by atoms with Gasteiger partial charge in [-0.25, -0.2) is 9.50 Å². The van der Waals surface area contributed by atoms with Crippen molar-refractivity contribution in [2.75, 3.05) is 19.6 Å². The van der Waals surface area contributed by atoms with Gasteiger partial charge >= 0.3 is 0 Å². The maximum Gasteiger partial charge on any atom is 0.277 e. The van der Waals surface area contributed by atoms with Crippen LogP contribution < -0.4 is 5.56 Å². The normalized spacial score (nSPS) is 19.5. The molecule has 2 aliphatic rings. The number of aromatic amines is 1. The molecule has 1 atom stereocenters. The van der Waals surface area contributed by atoms with Gasteiger partial charge in [-0.3, -0.25) is 19.6 Å². The molecule has 4 heterocycles. The molecule has 7 nitrogen and oxygen atoms in total. The van der Waals surface area contributed by atoms with Crippen LogP contribution in [0.4, 0.5) is 0 Å². The quantitative estimate of drug-likeness (QED) is 0.687. The molecular weight excluding hydrogens is 402 g/mol. The van der Waals surface area contributed by atoms with Crippen molar-refractivity contribution in [3.05, 3.63) is 69.3 Å². The van der Waals surface area contributed by atoms with E-state index in [4.69, 9.17) is 4.98 Å². The Balaban J connectivity index is 1.37. The monoisotopic (exact) mass is 433 g/mol. The second-order valence-corrected chi connectivity index (χ2v) is 9.40. The van der Waals surface area contributed by atoms with Crippen molar-refractivity contribution < 1.29 is 4.79 Å². The number of hydrogen-bond acceptors (Lipinski definition) is 4. The van der Waals surface area contributed by atoms with E-state index in [1.165, 1.54) is 0 Å². The Bertz CT molecular complexity index is 1180. The molecule has 5 rings (SSSR count). The molecule has 1 amide bonds. The maximum absolute atomic E-state index is 13.2. The Kier molecular flexibility index (Phi) is 5.59. The molecule has 0 unspecified atom stereocenters. The third kappa shape index (κ3) is 3.97. The number of benzene rings is 1. The average molecular weight is 434 g/mol. The summed E-state index contributed by atoms with van der Waals surface area (Å²) >= 11 is 0. The predicted molar refractivity (Wildman–Crippen MR) is 124 cm³/mol. The molecule has 0 spiro atoms. The van der Waals surface area contributed by atoms with Gasteiger partial charge in [0.2, 0.25) is 5.91 Å². The first-order chi connectivity index (χ1) is 15.5. The number of H-pyrrole nitrogens is 1. The minimum Gasteiger partial charge on any atom is -0.342 e. The van der Waals surface area contributed by atoms with Crippen molar-refractivity contribution >= 4 is 11.6 Å². The molecule has 32 heavy (non-hydrogen) atoms. The fourth-order valence-electron chi connectivity index (χ4n) is 5.01. The first-order valence-electron chi connectivity index (χ1n) is 11.7. The van der Waals surface area contributed by atoms with Crippen molar-refractivity contribution in [3.63, 3.8) is 0 Å². The van der Waals surface area contributed by atoms with Crippen LogP contribution in [-0.2, 0) is 24.2 Å². The summed E-state index contributed by atoms with van der Waals surface area (Å²) in [6.45, 7) is 7.38. The van der Waals surface area contributed by atoms with E-state index in [0.29, 0.717) is 31.2 Å². The standard InChI is InChI=1S/C25H31N5O2/c1-17(2)28-12-10-21-20(16-28)25(32)30-23(26-21)14-22(27-30)19-9-6-11-29(15-19)24(31)13-18-7-4-3-5-8-18/h3-5,7-8,14,17,19,27H,6,9-13,15-16H2,1-2H3/t19-/m1/s1. The lowest BCUT2D eigenvalue weighted by Crippen LogP contribution is -2.40. The number of aromatic nitrogens is 3. The number of carbonyl (C=O) groups excluding carboxylic acids is 1. The summed E-state index contributed by atoms with van der Waals surface area (Å²) in [6, 6.07) is 12.3. The van der Waals surface area contributed by atoms with Gasteiger partial charge in [-0.05, 0) is 32.3 Å². The zero-order chi connectivity index (χ0) is 22.2. The lowest BCUT2D eigenvalue weighted by Gasteiger charge is -2.32. The van der Waals surface area contributed by atoms with Crippen LogP contribution in [0.15, 0.2) is 41.2 Å². The lowest BCUT2D eigenvalue weighted by molar-refractivity contribution is -0.131. The molecule has 0 radical (unpaired) electrons. The number of amides is 1. The summed E-state index contributed by atoms with van der Waals surface area (Å²) < 4.78 is 1.60. The number of likely N-dealkylation sites (tertiary alicyclic amines) is 1. The molecule has 168 valence electrons. The Hall–Kier alpha value is -2.93. The first kappa shape index (κ1) is 20.9. The average Bonchev–Trinajstić information content (AvgIpc) is 3.24. The van der Waals surface area contributed by atoms with E-state index in [9.17, 15) is 9.59 Å². The van der Waals surface area contributed by atoms with Crippen LogP contribution in [0.5, 0.6) is 0 Å². The van der Waals surface area contributed by atoms with E-state index in [1.807, 2.05) is 41.3 Å². The molecule has 7 heteroatoms. The first-order valence-corrected chi connectivity index (χ1v) is 11.7. The molecule has 1 fully saturated rings. The van der Waals surface area contributed by atoms with E-state index in [2.05, 4.69) is 23.8 Å². The zero-order valence-corrected chi connectivity index (χ0v) is 18.9. The fraction of sp³-hybridized carbons (Fsp3) is 0.480. The molecule has 2 aromatic heterocycles. The molecule has 1 N–H and O–H groups in total. The summed E-state index contributed by atoms with van der Waals surface area (Å²) in [5, 5.41) is 3.32. The molecule has 0 aliphatic carbocycles. The van der Waals surface area contributed by atoms with Gasteiger partial charge in [0.25, 0.3) is 5.56 Å². The molecular formula is C25H31N5O2. The largest absolute Gasteiger partial charge is 0.342 e.